The van der Waals surface area contributed by atoms with E-state index in [1.54, 1.807) is 14.2 Å². The summed E-state index contributed by atoms with van der Waals surface area (Å²) in [5.41, 5.74) is 1.06. The molecule has 0 aromatic heterocycles. The van der Waals surface area contributed by atoms with Crippen molar-refractivity contribution < 1.29 is 14.3 Å². The summed E-state index contributed by atoms with van der Waals surface area (Å²) < 4.78 is 11.7. The van der Waals surface area contributed by atoms with Crippen molar-refractivity contribution in [2.75, 3.05) is 14.2 Å². The molecule has 1 fully saturated rings. The summed E-state index contributed by atoms with van der Waals surface area (Å²) in [5, 5.41) is 3.30. The van der Waals surface area contributed by atoms with E-state index in [0.29, 0.717) is 30.4 Å². The summed E-state index contributed by atoms with van der Waals surface area (Å²) in [6.07, 6.45) is 15.3. The van der Waals surface area contributed by atoms with Crippen molar-refractivity contribution in [2.24, 2.45) is 0 Å². The highest BCUT2D eigenvalue weighted by Crippen LogP contribution is 2.33. The zero-order chi connectivity index (χ0) is 20.2. The van der Waals surface area contributed by atoms with Crippen molar-refractivity contribution in [3.63, 3.8) is 0 Å². The molecule has 4 nitrogen and oxygen atoms in total. The average molecular weight is 454 g/mol. The zero-order valence-electron chi connectivity index (χ0n) is 17.5. The van der Waals surface area contributed by atoms with Gasteiger partial charge in [0.25, 0.3) is 0 Å². The third-order valence-corrected chi connectivity index (χ3v) is 6.38. The highest BCUT2D eigenvalue weighted by Gasteiger charge is 2.15. The van der Waals surface area contributed by atoms with E-state index in [9.17, 15) is 4.79 Å². The number of hydrogen-bond acceptors (Lipinski definition) is 3. The fourth-order valence-corrected chi connectivity index (χ4v) is 4.46. The quantitative estimate of drug-likeness (QED) is 0.558. The van der Waals surface area contributed by atoms with E-state index >= 15 is 0 Å². The first-order valence-corrected chi connectivity index (χ1v) is 11.6. The Morgan fingerprint density at radius 1 is 0.929 bits per heavy atom. The van der Waals surface area contributed by atoms with E-state index in [1.807, 2.05) is 12.1 Å². The van der Waals surface area contributed by atoms with Gasteiger partial charge in [-0.1, -0.05) is 73.7 Å². The van der Waals surface area contributed by atoms with Gasteiger partial charge in [-0.05, 0) is 37.0 Å². The maximum absolute atomic E-state index is 12.6. The Morgan fingerprint density at radius 2 is 1.43 bits per heavy atom. The molecule has 0 heterocycles. The van der Waals surface area contributed by atoms with Gasteiger partial charge in [0.05, 0.1) is 14.2 Å². The van der Waals surface area contributed by atoms with Crippen molar-refractivity contribution in [1.82, 2.24) is 5.32 Å². The van der Waals surface area contributed by atoms with Crippen LogP contribution in [0.15, 0.2) is 16.6 Å². The summed E-state index contributed by atoms with van der Waals surface area (Å²) in [4.78, 5) is 12.6. The van der Waals surface area contributed by atoms with Crippen LogP contribution in [0.3, 0.4) is 0 Å². The van der Waals surface area contributed by atoms with Gasteiger partial charge in [-0.25, -0.2) is 0 Å². The molecule has 0 unspecified atom stereocenters. The van der Waals surface area contributed by atoms with Gasteiger partial charge in [-0.3, -0.25) is 4.79 Å². The molecule has 1 aromatic carbocycles. The van der Waals surface area contributed by atoms with Crippen LogP contribution in [0.4, 0.5) is 0 Å². The monoisotopic (exact) mass is 453 g/mol. The second-order valence-electron chi connectivity index (χ2n) is 7.82. The number of rotatable bonds is 6. The molecular weight excluding hydrogens is 418 g/mol. The molecule has 2 rings (SSSR count). The van der Waals surface area contributed by atoms with Crippen LogP contribution < -0.4 is 14.8 Å². The first kappa shape index (κ1) is 23.1. The number of hydrogen-bond donors (Lipinski definition) is 1. The lowest BCUT2D eigenvalue weighted by molar-refractivity contribution is -0.121. The number of benzene rings is 1. The Morgan fingerprint density at radius 3 is 1.96 bits per heavy atom. The van der Waals surface area contributed by atoms with Crippen LogP contribution in [0.2, 0.25) is 0 Å². The number of carbonyl (C=O) groups excluding carboxylic acids is 1. The summed E-state index contributed by atoms with van der Waals surface area (Å²) >= 11 is 3.58. The SMILES string of the molecule is COc1cc(Br)c(CCC(=O)NC2CCCCCCCCCCC2)cc1OC. The van der Waals surface area contributed by atoms with Gasteiger partial charge in [0.1, 0.15) is 0 Å². The molecule has 1 saturated carbocycles. The summed E-state index contributed by atoms with van der Waals surface area (Å²) in [7, 11) is 3.26. The molecule has 158 valence electrons. The largest absolute Gasteiger partial charge is 0.493 e. The Kier molecular flexibility index (Phi) is 10.8. The van der Waals surface area contributed by atoms with E-state index < -0.39 is 0 Å². The number of amides is 1. The third-order valence-electron chi connectivity index (χ3n) is 5.64. The predicted molar refractivity (Wildman–Crippen MR) is 118 cm³/mol. The van der Waals surface area contributed by atoms with Crippen LogP contribution in [0.25, 0.3) is 0 Å². The van der Waals surface area contributed by atoms with E-state index in [0.717, 1.165) is 22.9 Å². The van der Waals surface area contributed by atoms with Crippen molar-refractivity contribution in [3.8, 4) is 11.5 Å². The minimum Gasteiger partial charge on any atom is -0.493 e. The number of ether oxygens (including phenoxy) is 2. The Bertz CT molecular complexity index is 594. The molecule has 0 radical (unpaired) electrons. The third kappa shape index (κ3) is 8.02. The fraction of sp³-hybridized carbons (Fsp3) is 0.696. The average Bonchev–Trinajstić information content (AvgIpc) is 2.68. The number of methoxy groups -OCH3 is 2. The number of nitrogens with one attached hydrogen (secondary N) is 1. The molecule has 5 heteroatoms. The molecular formula is C23H36BrNO3. The maximum Gasteiger partial charge on any atom is 0.220 e. The number of carbonyl (C=O) groups is 1. The molecule has 0 saturated heterocycles. The summed E-state index contributed by atoms with van der Waals surface area (Å²) in [5.74, 6) is 1.54. The normalized spacial score (nSPS) is 17.2. The standard InChI is InChI=1S/C23H36BrNO3/c1-27-21-16-18(20(24)17-22(21)28-2)14-15-23(26)25-19-12-10-8-6-4-3-5-7-9-11-13-19/h16-17,19H,3-15H2,1-2H3,(H,25,26). The van der Waals surface area contributed by atoms with E-state index in [4.69, 9.17) is 9.47 Å². The van der Waals surface area contributed by atoms with Crippen molar-refractivity contribution in [1.29, 1.82) is 0 Å². The van der Waals surface area contributed by atoms with Gasteiger partial charge in [-0.2, -0.15) is 0 Å². The van der Waals surface area contributed by atoms with Crippen molar-refractivity contribution in [2.45, 2.75) is 89.5 Å². The van der Waals surface area contributed by atoms with Crippen LogP contribution in [0.5, 0.6) is 11.5 Å². The fourth-order valence-electron chi connectivity index (χ4n) is 3.94. The minimum absolute atomic E-state index is 0.152. The molecule has 1 aliphatic carbocycles. The van der Waals surface area contributed by atoms with E-state index in [2.05, 4.69) is 21.2 Å². The first-order valence-electron chi connectivity index (χ1n) is 10.8. The van der Waals surface area contributed by atoms with E-state index in [-0.39, 0.29) is 5.91 Å². The highest BCUT2D eigenvalue weighted by atomic mass is 79.9. The molecule has 28 heavy (non-hydrogen) atoms. The molecule has 0 bridgehead atoms. The molecule has 0 aliphatic heterocycles. The lowest BCUT2D eigenvalue weighted by atomic mass is 9.97. The second-order valence-corrected chi connectivity index (χ2v) is 8.68. The molecule has 1 amide bonds. The zero-order valence-corrected chi connectivity index (χ0v) is 19.1. The van der Waals surface area contributed by atoms with Gasteiger partial charge in [0.2, 0.25) is 5.91 Å². The molecule has 0 atom stereocenters. The topological polar surface area (TPSA) is 47.6 Å². The van der Waals surface area contributed by atoms with Crippen LogP contribution >= 0.6 is 15.9 Å². The van der Waals surface area contributed by atoms with Crippen molar-refractivity contribution >= 4 is 21.8 Å². The lowest BCUT2D eigenvalue weighted by Crippen LogP contribution is -2.35. The number of halogens is 1. The second kappa shape index (κ2) is 13.1. The van der Waals surface area contributed by atoms with Gasteiger partial charge >= 0.3 is 0 Å². The van der Waals surface area contributed by atoms with Crippen LogP contribution in [-0.2, 0) is 11.2 Å². The molecule has 0 spiro atoms. The van der Waals surface area contributed by atoms with Gasteiger partial charge in [0, 0.05) is 16.9 Å². The highest BCUT2D eigenvalue weighted by molar-refractivity contribution is 9.10. The first-order chi connectivity index (χ1) is 13.6. The van der Waals surface area contributed by atoms with Gasteiger partial charge < -0.3 is 14.8 Å². The van der Waals surface area contributed by atoms with Crippen LogP contribution in [0.1, 0.15) is 82.6 Å². The van der Waals surface area contributed by atoms with Gasteiger partial charge in [0.15, 0.2) is 11.5 Å². The lowest BCUT2D eigenvalue weighted by Gasteiger charge is -2.20. The Balaban J connectivity index is 1.85. The molecule has 1 aliphatic rings. The van der Waals surface area contributed by atoms with Crippen LogP contribution in [-0.4, -0.2) is 26.2 Å². The Labute approximate surface area is 178 Å². The maximum atomic E-state index is 12.6. The predicted octanol–water partition coefficient (Wildman–Crippen LogP) is 6.19. The smallest absolute Gasteiger partial charge is 0.220 e. The minimum atomic E-state index is 0.152. The van der Waals surface area contributed by atoms with Crippen LogP contribution in [0, 0.1) is 0 Å². The molecule has 1 aromatic rings. The molecule has 1 N–H and O–H groups in total. The van der Waals surface area contributed by atoms with Crippen molar-refractivity contribution in [3.05, 3.63) is 22.2 Å². The van der Waals surface area contributed by atoms with Gasteiger partial charge in [-0.15, -0.1) is 0 Å². The van der Waals surface area contributed by atoms with E-state index in [1.165, 1.54) is 57.8 Å². The Hall–Kier alpha value is -1.23. The summed E-state index contributed by atoms with van der Waals surface area (Å²) in [6.45, 7) is 0. The number of aryl methyl sites for hydroxylation is 1. The summed E-state index contributed by atoms with van der Waals surface area (Å²) in [6, 6.07) is 4.19.